The van der Waals surface area contributed by atoms with Gasteiger partial charge < -0.3 is 9.67 Å². The predicted octanol–water partition coefficient (Wildman–Crippen LogP) is 2.79. The van der Waals surface area contributed by atoms with Crippen molar-refractivity contribution in [3.05, 3.63) is 60.4 Å². The van der Waals surface area contributed by atoms with Crippen molar-refractivity contribution in [2.45, 2.75) is 6.54 Å². The first-order valence-electron chi connectivity index (χ1n) is 5.51. The van der Waals surface area contributed by atoms with Crippen LogP contribution in [0.1, 0.15) is 5.56 Å². The first-order valence-corrected chi connectivity index (χ1v) is 5.51. The van der Waals surface area contributed by atoms with Crippen LogP contribution in [0.15, 0.2) is 54.9 Å². The van der Waals surface area contributed by atoms with Crippen LogP contribution in [0, 0.1) is 0 Å². The van der Waals surface area contributed by atoms with Crippen molar-refractivity contribution in [3.8, 4) is 5.75 Å². The summed E-state index contributed by atoms with van der Waals surface area (Å²) < 4.78 is 2.07. The molecule has 3 heteroatoms. The molecule has 0 aliphatic rings. The second kappa shape index (κ2) is 3.94. The summed E-state index contributed by atoms with van der Waals surface area (Å²) in [5.41, 5.74) is 3.16. The third-order valence-corrected chi connectivity index (χ3v) is 2.79. The molecule has 0 bridgehead atoms. The number of benzene rings is 2. The van der Waals surface area contributed by atoms with E-state index in [0.29, 0.717) is 5.75 Å². The zero-order chi connectivity index (χ0) is 11.7. The van der Waals surface area contributed by atoms with E-state index >= 15 is 0 Å². The summed E-state index contributed by atoms with van der Waals surface area (Å²) in [5, 5.41) is 9.43. The van der Waals surface area contributed by atoms with Crippen LogP contribution in [-0.4, -0.2) is 14.7 Å². The Hall–Kier alpha value is -2.29. The van der Waals surface area contributed by atoms with Gasteiger partial charge >= 0.3 is 0 Å². The molecule has 84 valence electrons. The second-order valence-corrected chi connectivity index (χ2v) is 4.03. The Bertz CT molecular complexity index is 658. The zero-order valence-electron chi connectivity index (χ0n) is 9.24. The highest BCUT2D eigenvalue weighted by Crippen LogP contribution is 2.16. The smallest absolute Gasteiger partial charge is 0.115 e. The fourth-order valence-electron chi connectivity index (χ4n) is 1.99. The van der Waals surface area contributed by atoms with Gasteiger partial charge in [-0.1, -0.05) is 24.3 Å². The van der Waals surface area contributed by atoms with Crippen LogP contribution in [0.5, 0.6) is 5.75 Å². The lowest BCUT2D eigenvalue weighted by atomic mass is 10.2. The van der Waals surface area contributed by atoms with Crippen LogP contribution < -0.4 is 0 Å². The number of aromatic hydroxyl groups is 1. The lowest BCUT2D eigenvalue weighted by molar-refractivity contribution is 0.474. The van der Waals surface area contributed by atoms with E-state index in [1.165, 1.54) is 0 Å². The maximum Gasteiger partial charge on any atom is 0.115 e. The van der Waals surface area contributed by atoms with Crippen LogP contribution in [0.4, 0.5) is 0 Å². The molecule has 0 atom stereocenters. The summed E-state index contributed by atoms with van der Waals surface area (Å²) >= 11 is 0. The van der Waals surface area contributed by atoms with Crippen LogP contribution in [0.3, 0.4) is 0 Å². The van der Waals surface area contributed by atoms with E-state index in [2.05, 4.69) is 9.55 Å². The van der Waals surface area contributed by atoms with Gasteiger partial charge in [0.1, 0.15) is 5.75 Å². The fourth-order valence-corrected chi connectivity index (χ4v) is 1.99. The van der Waals surface area contributed by atoms with Crippen LogP contribution in [0.2, 0.25) is 0 Å². The second-order valence-electron chi connectivity index (χ2n) is 4.03. The molecule has 1 heterocycles. The molecular formula is C14H12N2O. The van der Waals surface area contributed by atoms with Crippen molar-refractivity contribution in [1.82, 2.24) is 9.55 Å². The van der Waals surface area contributed by atoms with Crippen molar-refractivity contribution in [1.29, 1.82) is 0 Å². The minimum absolute atomic E-state index is 0.298. The molecule has 0 saturated heterocycles. The summed E-state index contributed by atoms with van der Waals surface area (Å²) in [6, 6.07) is 15.3. The lowest BCUT2D eigenvalue weighted by Crippen LogP contribution is -1.97. The minimum atomic E-state index is 0.298. The van der Waals surface area contributed by atoms with Crippen LogP contribution in [0.25, 0.3) is 11.0 Å². The van der Waals surface area contributed by atoms with Gasteiger partial charge in [0, 0.05) is 6.54 Å². The molecule has 0 fully saturated rings. The van der Waals surface area contributed by atoms with Crippen molar-refractivity contribution >= 4 is 11.0 Å². The van der Waals surface area contributed by atoms with Crippen molar-refractivity contribution in [2.75, 3.05) is 0 Å². The molecule has 2 aromatic carbocycles. The van der Waals surface area contributed by atoms with Crippen molar-refractivity contribution in [2.24, 2.45) is 0 Å². The van der Waals surface area contributed by atoms with Gasteiger partial charge in [-0.15, -0.1) is 0 Å². The maximum absolute atomic E-state index is 9.43. The molecule has 17 heavy (non-hydrogen) atoms. The van der Waals surface area contributed by atoms with E-state index < -0.39 is 0 Å². The number of rotatable bonds is 2. The molecule has 0 aliphatic heterocycles. The SMILES string of the molecule is Oc1cccc(Cn2cnc3ccccc32)c1. The van der Waals surface area contributed by atoms with Crippen molar-refractivity contribution < 1.29 is 5.11 Å². The molecule has 0 spiro atoms. The standard InChI is InChI=1S/C14H12N2O/c17-12-5-3-4-11(8-12)9-16-10-15-13-6-1-2-7-14(13)16/h1-8,10,17H,9H2. The van der Waals surface area contributed by atoms with Gasteiger partial charge in [0.2, 0.25) is 0 Å². The number of hydrogen-bond donors (Lipinski definition) is 1. The Balaban J connectivity index is 2.00. The molecule has 0 saturated carbocycles. The molecule has 0 radical (unpaired) electrons. The normalized spacial score (nSPS) is 10.8. The number of nitrogens with zero attached hydrogens (tertiary/aromatic N) is 2. The molecule has 3 rings (SSSR count). The first kappa shape index (κ1) is 9.90. The Morgan fingerprint density at radius 1 is 1.06 bits per heavy atom. The average Bonchev–Trinajstić information content (AvgIpc) is 2.73. The van der Waals surface area contributed by atoms with E-state index in [1.807, 2.05) is 42.7 Å². The number of phenols is 1. The van der Waals surface area contributed by atoms with E-state index in [4.69, 9.17) is 0 Å². The lowest BCUT2D eigenvalue weighted by Gasteiger charge is -2.04. The Kier molecular flexibility index (Phi) is 2.29. The molecular weight excluding hydrogens is 212 g/mol. The Morgan fingerprint density at radius 3 is 2.82 bits per heavy atom. The van der Waals surface area contributed by atoms with E-state index in [1.54, 1.807) is 12.1 Å². The Morgan fingerprint density at radius 2 is 1.94 bits per heavy atom. The highest BCUT2D eigenvalue weighted by Gasteiger charge is 2.02. The molecule has 1 aromatic heterocycles. The molecule has 3 aromatic rings. The summed E-state index contributed by atoms with van der Waals surface area (Å²) in [6.07, 6.45) is 1.83. The monoisotopic (exact) mass is 224 g/mol. The maximum atomic E-state index is 9.43. The predicted molar refractivity (Wildman–Crippen MR) is 66.9 cm³/mol. The van der Waals surface area contributed by atoms with E-state index in [-0.39, 0.29) is 0 Å². The molecule has 1 N–H and O–H groups in total. The summed E-state index contributed by atoms with van der Waals surface area (Å²) in [7, 11) is 0. The first-order chi connectivity index (χ1) is 8.33. The summed E-state index contributed by atoms with van der Waals surface area (Å²) in [6.45, 7) is 0.717. The third kappa shape index (κ3) is 1.87. The fraction of sp³-hybridized carbons (Fsp3) is 0.0714. The minimum Gasteiger partial charge on any atom is -0.508 e. The third-order valence-electron chi connectivity index (χ3n) is 2.79. The van der Waals surface area contributed by atoms with Gasteiger partial charge in [-0.2, -0.15) is 0 Å². The molecule has 3 nitrogen and oxygen atoms in total. The van der Waals surface area contributed by atoms with E-state index in [0.717, 1.165) is 23.1 Å². The largest absolute Gasteiger partial charge is 0.508 e. The molecule has 0 aliphatic carbocycles. The number of phenolic OH excluding ortho intramolecular Hbond substituents is 1. The van der Waals surface area contributed by atoms with Crippen molar-refractivity contribution in [3.63, 3.8) is 0 Å². The van der Waals surface area contributed by atoms with Gasteiger partial charge in [-0.25, -0.2) is 4.98 Å². The quantitative estimate of drug-likeness (QED) is 0.726. The molecule has 0 unspecified atom stereocenters. The van der Waals surface area contributed by atoms with Crippen LogP contribution in [-0.2, 0) is 6.54 Å². The highest BCUT2D eigenvalue weighted by molar-refractivity contribution is 5.75. The number of fused-ring (bicyclic) bond motifs is 1. The van der Waals surface area contributed by atoms with Gasteiger partial charge in [-0.05, 0) is 29.8 Å². The van der Waals surface area contributed by atoms with Gasteiger partial charge in [0.15, 0.2) is 0 Å². The van der Waals surface area contributed by atoms with Gasteiger partial charge in [-0.3, -0.25) is 0 Å². The molecule has 0 amide bonds. The topological polar surface area (TPSA) is 38.0 Å². The van der Waals surface area contributed by atoms with Gasteiger partial charge in [0.05, 0.1) is 17.4 Å². The van der Waals surface area contributed by atoms with E-state index in [9.17, 15) is 5.11 Å². The number of para-hydroxylation sites is 2. The summed E-state index contributed by atoms with van der Waals surface area (Å²) in [5.74, 6) is 0.298. The van der Waals surface area contributed by atoms with Crippen LogP contribution >= 0.6 is 0 Å². The Labute approximate surface area is 99.0 Å². The number of imidazole rings is 1. The highest BCUT2D eigenvalue weighted by atomic mass is 16.3. The zero-order valence-corrected chi connectivity index (χ0v) is 9.24. The van der Waals surface area contributed by atoms with Gasteiger partial charge in [0.25, 0.3) is 0 Å². The average molecular weight is 224 g/mol. The summed E-state index contributed by atoms with van der Waals surface area (Å²) in [4.78, 5) is 4.34. The number of hydrogen-bond acceptors (Lipinski definition) is 2. The number of aromatic nitrogens is 2.